The average Bonchev–Trinajstić information content (AvgIpc) is 2.72. The Morgan fingerprint density at radius 2 is 1.64 bits per heavy atom. The Labute approximate surface area is 169 Å². The maximum atomic E-state index is 14.1. The molecule has 0 spiro atoms. The summed E-state index contributed by atoms with van der Waals surface area (Å²) in [5.74, 6) is 0.0633. The zero-order valence-electron chi connectivity index (χ0n) is 15.3. The zero-order valence-corrected chi connectivity index (χ0v) is 16.0. The van der Waals surface area contributed by atoms with Crippen LogP contribution in [0.15, 0.2) is 78.9 Å². The predicted octanol–water partition coefficient (Wildman–Crippen LogP) is 5.00. The highest BCUT2D eigenvalue weighted by Crippen LogP contribution is 2.22. The van der Waals surface area contributed by atoms with E-state index >= 15 is 0 Å². The van der Waals surface area contributed by atoms with Crippen LogP contribution < -0.4 is 10.1 Å². The van der Waals surface area contributed by atoms with Gasteiger partial charge in [0.05, 0.1) is 0 Å². The van der Waals surface area contributed by atoms with Crippen molar-refractivity contribution in [3.63, 3.8) is 0 Å². The van der Waals surface area contributed by atoms with Gasteiger partial charge in [-0.15, -0.1) is 0 Å². The van der Waals surface area contributed by atoms with E-state index in [1.165, 1.54) is 6.07 Å². The summed E-state index contributed by atoms with van der Waals surface area (Å²) in [6, 6.07) is 23.3. The van der Waals surface area contributed by atoms with Crippen LogP contribution in [-0.2, 0) is 11.2 Å². The summed E-state index contributed by atoms with van der Waals surface area (Å²) in [6.07, 6.45) is 0.495. The van der Waals surface area contributed by atoms with Crippen LogP contribution >= 0.6 is 11.6 Å². The quantitative estimate of drug-likeness (QED) is 0.580. The van der Waals surface area contributed by atoms with Crippen LogP contribution in [0.2, 0.25) is 5.02 Å². The van der Waals surface area contributed by atoms with Crippen molar-refractivity contribution < 1.29 is 13.9 Å². The molecule has 5 heteroatoms. The lowest BCUT2D eigenvalue weighted by atomic mass is 9.91. The van der Waals surface area contributed by atoms with Crippen molar-refractivity contribution >= 4 is 17.5 Å². The van der Waals surface area contributed by atoms with Crippen molar-refractivity contribution in [3.05, 3.63) is 101 Å². The van der Waals surface area contributed by atoms with Gasteiger partial charge in [0.25, 0.3) is 5.91 Å². The molecule has 1 N–H and O–H groups in total. The summed E-state index contributed by atoms with van der Waals surface area (Å²) in [7, 11) is 0. The van der Waals surface area contributed by atoms with Gasteiger partial charge >= 0.3 is 0 Å². The van der Waals surface area contributed by atoms with Gasteiger partial charge in [0, 0.05) is 17.5 Å². The molecule has 3 rings (SSSR count). The molecule has 0 saturated carbocycles. The van der Waals surface area contributed by atoms with Crippen LogP contribution in [-0.4, -0.2) is 19.1 Å². The Bertz CT molecular complexity index is 900. The first-order valence-electron chi connectivity index (χ1n) is 9.05. The summed E-state index contributed by atoms with van der Waals surface area (Å²) in [5, 5.41) is 3.50. The standard InChI is InChI=1S/C23H21ClFNO2/c24-20-10-12-21(13-11-20)28-16-23(27)26-15-19(17-6-2-1-3-7-17)14-18-8-4-5-9-22(18)25/h1-13,19H,14-16H2,(H,26,27). The largest absolute Gasteiger partial charge is 0.484 e. The molecule has 1 atom stereocenters. The second kappa shape index (κ2) is 9.90. The number of amides is 1. The molecule has 0 aliphatic carbocycles. The number of hydrogen-bond acceptors (Lipinski definition) is 2. The number of benzene rings is 3. The van der Waals surface area contributed by atoms with Crippen molar-refractivity contribution in [2.75, 3.05) is 13.2 Å². The van der Waals surface area contributed by atoms with E-state index in [0.717, 1.165) is 5.56 Å². The van der Waals surface area contributed by atoms with E-state index in [9.17, 15) is 9.18 Å². The highest BCUT2D eigenvalue weighted by atomic mass is 35.5. The van der Waals surface area contributed by atoms with Gasteiger partial charge in [-0.25, -0.2) is 4.39 Å². The number of halogens is 2. The molecule has 144 valence electrons. The fraction of sp³-hybridized carbons (Fsp3) is 0.174. The van der Waals surface area contributed by atoms with Crippen LogP contribution in [0.5, 0.6) is 5.75 Å². The third-order valence-corrected chi connectivity index (χ3v) is 4.68. The van der Waals surface area contributed by atoms with E-state index in [1.807, 2.05) is 36.4 Å². The monoisotopic (exact) mass is 397 g/mol. The lowest BCUT2D eigenvalue weighted by Crippen LogP contribution is -2.33. The summed E-state index contributed by atoms with van der Waals surface area (Å²) in [6.45, 7) is 0.296. The average molecular weight is 398 g/mol. The van der Waals surface area contributed by atoms with Gasteiger partial charge in [-0.3, -0.25) is 4.79 Å². The number of carbonyl (C=O) groups is 1. The van der Waals surface area contributed by atoms with E-state index in [4.69, 9.17) is 16.3 Å². The van der Waals surface area contributed by atoms with E-state index in [2.05, 4.69) is 5.32 Å². The Kier molecular flexibility index (Phi) is 7.04. The van der Waals surface area contributed by atoms with E-state index in [-0.39, 0.29) is 24.2 Å². The molecule has 0 fully saturated rings. The smallest absolute Gasteiger partial charge is 0.257 e. The van der Waals surface area contributed by atoms with Crippen molar-refractivity contribution in [3.8, 4) is 5.75 Å². The molecule has 0 saturated heterocycles. The fourth-order valence-corrected chi connectivity index (χ4v) is 3.06. The highest BCUT2D eigenvalue weighted by molar-refractivity contribution is 6.30. The molecule has 0 bridgehead atoms. The lowest BCUT2D eigenvalue weighted by molar-refractivity contribution is -0.123. The Balaban J connectivity index is 1.60. The topological polar surface area (TPSA) is 38.3 Å². The van der Waals surface area contributed by atoms with Crippen molar-refractivity contribution in [1.82, 2.24) is 5.32 Å². The first kappa shape index (κ1) is 19.9. The van der Waals surface area contributed by atoms with E-state index < -0.39 is 0 Å². The van der Waals surface area contributed by atoms with Gasteiger partial charge in [0.2, 0.25) is 0 Å². The molecule has 28 heavy (non-hydrogen) atoms. The molecule has 1 amide bonds. The number of rotatable bonds is 8. The molecule has 0 heterocycles. The fourth-order valence-electron chi connectivity index (χ4n) is 2.93. The minimum Gasteiger partial charge on any atom is -0.484 e. The summed E-state index contributed by atoms with van der Waals surface area (Å²) < 4.78 is 19.6. The van der Waals surface area contributed by atoms with Gasteiger partial charge in [-0.1, -0.05) is 60.1 Å². The second-order valence-corrected chi connectivity index (χ2v) is 6.89. The Hall–Kier alpha value is -2.85. The second-order valence-electron chi connectivity index (χ2n) is 6.45. The van der Waals surface area contributed by atoms with Crippen LogP contribution in [0.3, 0.4) is 0 Å². The summed E-state index contributed by atoms with van der Waals surface area (Å²) in [4.78, 5) is 12.2. The molecule has 1 unspecified atom stereocenters. The molecular formula is C23H21ClFNO2. The van der Waals surface area contributed by atoms with Crippen LogP contribution in [0, 0.1) is 5.82 Å². The highest BCUT2D eigenvalue weighted by Gasteiger charge is 2.16. The summed E-state index contributed by atoms with van der Waals surface area (Å²) in [5.41, 5.74) is 1.67. The normalized spacial score (nSPS) is 11.6. The van der Waals surface area contributed by atoms with Gasteiger partial charge < -0.3 is 10.1 Å². The SMILES string of the molecule is O=C(COc1ccc(Cl)cc1)NCC(Cc1ccccc1F)c1ccccc1. The van der Waals surface area contributed by atoms with Crippen molar-refractivity contribution in [2.45, 2.75) is 12.3 Å². The van der Waals surface area contributed by atoms with Crippen molar-refractivity contribution in [2.24, 2.45) is 0 Å². The first-order chi connectivity index (χ1) is 13.6. The van der Waals surface area contributed by atoms with Crippen LogP contribution in [0.4, 0.5) is 4.39 Å². The maximum absolute atomic E-state index is 14.1. The first-order valence-corrected chi connectivity index (χ1v) is 9.43. The predicted molar refractivity (Wildman–Crippen MR) is 109 cm³/mol. The molecule has 0 aromatic heterocycles. The molecule has 0 radical (unpaired) electrons. The molecule has 3 aromatic carbocycles. The molecular weight excluding hydrogens is 377 g/mol. The lowest BCUT2D eigenvalue weighted by Gasteiger charge is -2.19. The third-order valence-electron chi connectivity index (χ3n) is 4.42. The molecule has 3 nitrogen and oxygen atoms in total. The van der Waals surface area contributed by atoms with Gasteiger partial charge in [0.15, 0.2) is 6.61 Å². The Morgan fingerprint density at radius 3 is 2.36 bits per heavy atom. The minimum atomic E-state index is -0.235. The molecule has 0 aliphatic heterocycles. The number of ether oxygens (including phenoxy) is 1. The maximum Gasteiger partial charge on any atom is 0.257 e. The summed E-state index contributed by atoms with van der Waals surface area (Å²) >= 11 is 5.83. The van der Waals surface area contributed by atoms with Crippen LogP contribution in [0.1, 0.15) is 17.0 Å². The van der Waals surface area contributed by atoms with E-state index in [1.54, 1.807) is 36.4 Å². The van der Waals surface area contributed by atoms with E-state index in [0.29, 0.717) is 29.3 Å². The Morgan fingerprint density at radius 1 is 0.964 bits per heavy atom. The number of carbonyl (C=O) groups excluding carboxylic acids is 1. The number of hydrogen-bond donors (Lipinski definition) is 1. The van der Waals surface area contributed by atoms with Crippen molar-refractivity contribution in [1.29, 1.82) is 0 Å². The molecule has 3 aromatic rings. The minimum absolute atomic E-state index is 0.0439. The molecule has 0 aliphatic rings. The van der Waals surface area contributed by atoms with Gasteiger partial charge in [-0.2, -0.15) is 0 Å². The van der Waals surface area contributed by atoms with Crippen LogP contribution in [0.25, 0.3) is 0 Å². The number of nitrogens with one attached hydrogen (secondary N) is 1. The van der Waals surface area contributed by atoms with Gasteiger partial charge in [-0.05, 0) is 47.9 Å². The zero-order chi connectivity index (χ0) is 19.8. The third kappa shape index (κ3) is 5.83. The van der Waals surface area contributed by atoms with Gasteiger partial charge in [0.1, 0.15) is 11.6 Å².